The van der Waals surface area contributed by atoms with E-state index in [9.17, 15) is 0 Å². The predicted octanol–water partition coefficient (Wildman–Crippen LogP) is 7.17. The molecule has 0 spiro atoms. The first-order valence-corrected chi connectivity index (χ1v) is 9.40. The molecule has 28 heavy (non-hydrogen) atoms. The zero-order valence-electron chi connectivity index (χ0n) is 15.8. The molecule has 0 atom stereocenters. The summed E-state index contributed by atoms with van der Waals surface area (Å²) in [5.74, 6) is 3.44. The van der Waals surface area contributed by atoms with Crippen LogP contribution in [0.5, 0.6) is 23.0 Å². The van der Waals surface area contributed by atoms with E-state index in [4.69, 9.17) is 9.47 Å². The fraction of sp³-hybridized carbons (Fsp3) is 0.0769. The van der Waals surface area contributed by atoms with Gasteiger partial charge in [-0.25, -0.2) is 0 Å². The minimum atomic E-state index is 0.845. The fourth-order valence-electron chi connectivity index (χ4n) is 3.09. The highest BCUT2D eigenvalue weighted by Crippen LogP contribution is 2.27. The van der Waals surface area contributed by atoms with Gasteiger partial charge in [0, 0.05) is 0 Å². The van der Waals surface area contributed by atoms with Gasteiger partial charge in [-0.1, -0.05) is 60.7 Å². The molecule has 0 unspecified atom stereocenters. The third-order valence-electron chi connectivity index (χ3n) is 4.52. The Kier molecular flexibility index (Phi) is 5.39. The predicted molar refractivity (Wildman–Crippen MR) is 113 cm³/mol. The maximum absolute atomic E-state index is 5.97. The summed E-state index contributed by atoms with van der Waals surface area (Å²) in [5.41, 5.74) is 3.64. The molecule has 2 heteroatoms. The highest BCUT2D eigenvalue weighted by molar-refractivity contribution is 5.42. The van der Waals surface area contributed by atoms with E-state index in [-0.39, 0.29) is 0 Å². The van der Waals surface area contributed by atoms with Gasteiger partial charge in [-0.3, -0.25) is 0 Å². The van der Waals surface area contributed by atoms with E-state index in [1.807, 2.05) is 78.9 Å². The lowest BCUT2D eigenvalue weighted by Crippen LogP contribution is -1.92. The van der Waals surface area contributed by atoms with Crippen molar-refractivity contribution in [3.8, 4) is 23.0 Å². The molecule has 4 aromatic rings. The Morgan fingerprint density at radius 2 is 1.07 bits per heavy atom. The van der Waals surface area contributed by atoms with E-state index in [1.54, 1.807) is 0 Å². The number of aryl methyl sites for hydroxylation is 1. The van der Waals surface area contributed by atoms with E-state index in [2.05, 4.69) is 31.2 Å². The van der Waals surface area contributed by atoms with Crippen molar-refractivity contribution < 1.29 is 9.47 Å². The molecule has 0 saturated carbocycles. The normalized spacial score (nSPS) is 10.5. The molecule has 0 saturated heterocycles. The van der Waals surface area contributed by atoms with Gasteiger partial charge < -0.3 is 9.47 Å². The Bertz CT molecular complexity index is 1020. The maximum Gasteiger partial charge on any atom is 0.130 e. The van der Waals surface area contributed by atoms with Crippen LogP contribution in [-0.4, -0.2) is 0 Å². The topological polar surface area (TPSA) is 18.5 Å². The molecule has 4 aromatic carbocycles. The first kappa shape index (κ1) is 17.9. The van der Waals surface area contributed by atoms with Crippen LogP contribution in [-0.2, 0) is 6.42 Å². The lowest BCUT2D eigenvalue weighted by atomic mass is 10.0. The van der Waals surface area contributed by atoms with Crippen LogP contribution >= 0.6 is 0 Å². The van der Waals surface area contributed by atoms with E-state index in [1.165, 1.54) is 11.1 Å². The minimum Gasteiger partial charge on any atom is -0.457 e. The number of hydrogen-bond acceptors (Lipinski definition) is 2. The summed E-state index contributed by atoms with van der Waals surface area (Å²) in [4.78, 5) is 0. The van der Waals surface area contributed by atoms with Crippen LogP contribution in [0.1, 0.15) is 16.7 Å². The van der Waals surface area contributed by atoms with Crippen molar-refractivity contribution in [2.24, 2.45) is 0 Å². The highest BCUT2D eigenvalue weighted by atomic mass is 16.5. The molecule has 0 N–H and O–H groups in total. The van der Waals surface area contributed by atoms with Crippen LogP contribution < -0.4 is 9.47 Å². The standard InChI is InChI=1S/C26H22O2/c1-20-18-22(14-17-26(20)28-24-10-6-3-7-11-24)19-21-12-15-25(16-13-21)27-23-8-4-2-5-9-23/h2-18H,19H2,1H3. The van der Waals surface area contributed by atoms with Crippen LogP contribution in [0, 0.1) is 6.92 Å². The average molecular weight is 366 g/mol. The van der Waals surface area contributed by atoms with Gasteiger partial charge in [-0.05, 0) is 72.5 Å². The molecule has 0 aliphatic carbocycles. The summed E-state index contributed by atoms with van der Waals surface area (Å²) in [5, 5.41) is 0. The van der Waals surface area contributed by atoms with Gasteiger partial charge in [0.2, 0.25) is 0 Å². The van der Waals surface area contributed by atoms with Crippen LogP contribution in [0.2, 0.25) is 0 Å². The molecule has 0 fully saturated rings. The third-order valence-corrected chi connectivity index (χ3v) is 4.52. The highest BCUT2D eigenvalue weighted by Gasteiger charge is 2.05. The van der Waals surface area contributed by atoms with Crippen LogP contribution in [0.25, 0.3) is 0 Å². The zero-order valence-corrected chi connectivity index (χ0v) is 15.8. The first-order valence-electron chi connectivity index (χ1n) is 9.40. The molecular formula is C26H22O2. The second-order valence-electron chi connectivity index (χ2n) is 6.75. The summed E-state index contributed by atoms with van der Waals surface area (Å²) in [6.07, 6.45) is 0.873. The summed E-state index contributed by atoms with van der Waals surface area (Å²) in [6, 6.07) is 34.3. The average Bonchev–Trinajstić information content (AvgIpc) is 2.73. The molecule has 2 nitrogen and oxygen atoms in total. The largest absolute Gasteiger partial charge is 0.457 e. The van der Waals surface area contributed by atoms with Crippen LogP contribution in [0.3, 0.4) is 0 Å². The monoisotopic (exact) mass is 366 g/mol. The van der Waals surface area contributed by atoms with Crippen molar-refractivity contribution in [2.45, 2.75) is 13.3 Å². The quantitative estimate of drug-likeness (QED) is 0.360. The van der Waals surface area contributed by atoms with Gasteiger partial charge in [0.25, 0.3) is 0 Å². The van der Waals surface area contributed by atoms with Gasteiger partial charge in [-0.15, -0.1) is 0 Å². The van der Waals surface area contributed by atoms with Gasteiger partial charge in [0.05, 0.1) is 0 Å². The molecule has 0 aliphatic rings. The molecule has 138 valence electrons. The second-order valence-corrected chi connectivity index (χ2v) is 6.75. The Labute approximate surface area is 166 Å². The van der Waals surface area contributed by atoms with E-state index >= 15 is 0 Å². The van der Waals surface area contributed by atoms with Gasteiger partial charge in [0.1, 0.15) is 23.0 Å². The van der Waals surface area contributed by atoms with Crippen molar-refractivity contribution in [2.75, 3.05) is 0 Å². The Hall–Kier alpha value is -3.52. The summed E-state index contributed by atoms with van der Waals surface area (Å²) in [7, 11) is 0. The Morgan fingerprint density at radius 3 is 1.68 bits per heavy atom. The van der Waals surface area contributed by atoms with Crippen molar-refractivity contribution in [1.29, 1.82) is 0 Å². The van der Waals surface area contributed by atoms with Gasteiger partial charge in [0.15, 0.2) is 0 Å². The molecule has 0 aliphatic heterocycles. The summed E-state index contributed by atoms with van der Waals surface area (Å²) >= 11 is 0. The SMILES string of the molecule is Cc1cc(Cc2ccc(Oc3ccccc3)cc2)ccc1Oc1ccccc1. The molecule has 0 bridgehead atoms. The van der Waals surface area contributed by atoms with E-state index in [0.717, 1.165) is 35.0 Å². The van der Waals surface area contributed by atoms with Crippen molar-refractivity contribution in [1.82, 2.24) is 0 Å². The minimum absolute atomic E-state index is 0.845. The van der Waals surface area contributed by atoms with Crippen LogP contribution in [0.15, 0.2) is 103 Å². The molecule has 4 rings (SSSR count). The van der Waals surface area contributed by atoms with Crippen LogP contribution in [0.4, 0.5) is 0 Å². The van der Waals surface area contributed by atoms with Crippen molar-refractivity contribution >= 4 is 0 Å². The molecule has 0 radical (unpaired) electrons. The number of rotatable bonds is 6. The zero-order chi connectivity index (χ0) is 19.2. The third kappa shape index (κ3) is 4.60. The van der Waals surface area contributed by atoms with Crippen molar-refractivity contribution in [3.05, 3.63) is 120 Å². The number of ether oxygens (including phenoxy) is 2. The van der Waals surface area contributed by atoms with E-state index < -0.39 is 0 Å². The Morgan fingerprint density at radius 1 is 0.536 bits per heavy atom. The van der Waals surface area contributed by atoms with Gasteiger partial charge >= 0.3 is 0 Å². The fourth-order valence-corrected chi connectivity index (χ4v) is 3.09. The Balaban J connectivity index is 1.42. The molecular weight excluding hydrogens is 344 g/mol. The van der Waals surface area contributed by atoms with Gasteiger partial charge in [-0.2, -0.15) is 0 Å². The molecule has 0 heterocycles. The number of para-hydroxylation sites is 2. The van der Waals surface area contributed by atoms with E-state index in [0.29, 0.717) is 0 Å². The lowest BCUT2D eigenvalue weighted by Gasteiger charge is -2.11. The lowest BCUT2D eigenvalue weighted by molar-refractivity contribution is 0.478. The van der Waals surface area contributed by atoms with Crippen molar-refractivity contribution in [3.63, 3.8) is 0 Å². The number of hydrogen-bond donors (Lipinski definition) is 0. The summed E-state index contributed by atoms with van der Waals surface area (Å²) < 4.78 is 11.8. The number of benzene rings is 4. The smallest absolute Gasteiger partial charge is 0.130 e. The molecule has 0 aromatic heterocycles. The second kappa shape index (κ2) is 8.45. The first-order chi connectivity index (χ1) is 13.8. The maximum atomic E-state index is 5.97. The molecule has 0 amide bonds. The summed E-state index contributed by atoms with van der Waals surface area (Å²) in [6.45, 7) is 2.08.